The van der Waals surface area contributed by atoms with Gasteiger partial charge in [0.25, 0.3) is 0 Å². The highest BCUT2D eigenvalue weighted by molar-refractivity contribution is 5.74. The highest BCUT2D eigenvalue weighted by Crippen LogP contribution is 2.26. The Hall–Kier alpha value is -4.36. The number of allylic oxidation sites excluding steroid dienone is 16. The van der Waals surface area contributed by atoms with Gasteiger partial charge in [0.2, 0.25) is 0 Å². The molecule has 1 fully saturated rings. The largest absolute Gasteiger partial charge is 0.479 e. The molecule has 0 radical (unpaired) electrons. The van der Waals surface area contributed by atoms with Crippen molar-refractivity contribution < 1.29 is 58.2 Å². The number of aliphatic hydroxyl groups is 2. The first-order valence-corrected chi connectivity index (χ1v) is 32.2. The maximum Gasteiger partial charge on any atom is 0.335 e. The van der Waals surface area contributed by atoms with Crippen LogP contribution in [-0.2, 0) is 42.9 Å². The van der Waals surface area contributed by atoms with Gasteiger partial charge < -0.3 is 39.0 Å². The van der Waals surface area contributed by atoms with Crippen LogP contribution in [0, 0.1) is 0 Å². The van der Waals surface area contributed by atoms with E-state index >= 15 is 0 Å². The molecule has 462 valence electrons. The molecule has 0 aromatic rings. The van der Waals surface area contributed by atoms with Crippen LogP contribution in [0.3, 0.4) is 0 Å². The Kier molecular flexibility index (Phi) is 51.7. The van der Waals surface area contributed by atoms with E-state index in [0.717, 1.165) is 122 Å². The number of ether oxygens (including phenoxy) is 5. The van der Waals surface area contributed by atoms with Gasteiger partial charge in [-0.15, -0.1) is 0 Å². The van der Waals surface area contributed by atoms with Crippen molar-refractivity contribution in [1.29, 1.82) is 0 Å². The van der Waals surface area contributed by atoms with Gasteiger partial charge in [0, 0.05) is 19.3 Å². The van der Waals surface area contributed by atoms with E-state index < -0.39 is 67.3 Å². The van der Waals surface area contributed by atoms with Crippen molar-refractivity contribution in [1.82, 2.24) is 0 Å². The van der Waals surface area contributed by atoms with Crippen LogP contribution >= 0.6 is 0 Å². The predicted molar refractivity (Wildman–Crippen MR) is 331 cm³/mol. The third-order valence-electron chi connectivity index (χ3n) is 14.2. The lowest BCUT2D eigenvalue weighted by atomic mass is 9.98. The van der Waals surface area contributed by atoms with Crippen molar-refractivity contribution in [3.63, 3.8) is 0 Å². The zero-order valence-electron chi connectivity index (χ0n) is 51.0. The topological polar surface area (TPSA) is 175 Å². The van der Waals surface area contributed by atoms with Crippen LogP contribution in [-0.4, -0.2) is 89.2 Å². The molecule has 12 heteroatoms. The third-order valence-corrected chi connectivity index (χ3v) is 14.2. The molecular weight excluding hydrogens is 1020 g/mol. The Morgan fingerprint density at radius 1 is 0.420 bits per heavy atom. The lowest BCUT2D eigenvalue weighted by Gasteiger charge is -2.40. The van der Waals surface area contributed by atoms with Crippen LogP contribution in [0.5, 0.6) is 0 Å². The van der Waals surface area contributed by atoms with Crippen LogP contribution in [0.1, 0.15) is 265 Å². The van der Waals surface area contributed by atoms with Gasteiger partial charge in [0.1, 0.15) is 18.8 Å². The summed E-state index contributed by atoms with van der Waals surface area (Å²) in [5.74, 6) is -3.18. The van der Waals surface area contributed by atoms with Gasteiger partial charge in [-0.05, 0) is 96.3 Å². The van der Waals surface area contributed by atoms with Gasteiger partial charge in [-0.25, -0.2) is 4.79 Å². The fraction of sp³-hybridized carbons (Fsp3) is 0.710. The summed E-state index contributed by atoms with van der Waals surface area (Å²) in [6.07, 6.45) is 62.2. The van der Waals surface area contributed by atoms with Gasteiger partial charge in [-0.2, -0.15) is 0 Å². The second-order valence-corrected chi connectivity index (χ2v) is 21.6. The van der Waals surface area contributed by atoms with E-state index in [9.17, 15) is 34.5 Å². The molecule has 1 aliphatic rings. The van der Waals surface area contributed by atoms with Crippen LogP contribution in [0.25, 0.3) is 0 Å². The number of aliphatic carboxylic acids is 1. The smallest absolute Gasteiger partial charge is 0.335 e. The quantitative estimate of drug-likeness (QED) is 0.0228. The van der Waals surface area contributed by atoms with E-state index in [0.29, 0.717) is 19.3 Å². The zero-order valence-corrected chi connectivity index (χ0v) is 51.0. The number of carboxylic acid groups (broad SMARTS) is 1. The van der Waals surface area contributed by atoms with Crippen LogP contribution in [0.15, 0.2) is 97.2 Å². The normalized spacial score (nSPS) is 18.4. The Bertz CT molecular complexity index is 1780. The Morgan fingerprint density at radius 2 is 0.778 bits per heavy atom. The molecule has 6 unspecified atom stereocenters. The minimum atomic E-state index is -1.92. The van der Waals surface area contributed by atoms with Gasteiger partial charge in [-0.3, -0.25) is 14.4 Å². The summed E-state index contributed by atoms with van der Waals surface area (Å²) in [5.41, 5.74) is 0. The summed E-state index contributed by atoms with van der Waals surface area (Å²) in [4.78, 5) is 51.3. The minimum Gasteiger partial charge on any atom is -0.479 e. The van der Waals surface area contributed by atoms with E-state index in [1.165, 1.54) is 83.5 Å². The van der Waals surface area contributed by atoms with Crippen molar-refractivity contribution in [2.45, 2.75) is 302 Å². The molecule has 3 N–H and O–H groups in total. The molecule has 0 amide bonds. The summed E-state index contributed by atoms with van der Waals surface area (Å²) in [7, 11) is 0. The van der Waals surface area contributed by atoms with Crippen molar-refractivity contribution in [2.75, 3.05) is 13.2 Å². The molecule has 81 heavy (non-hydrogen) atoms. The predicted octanol–water partition coefficient (Wildman–Crippen LogP) is 17.2. The van der Waals surface area contributed by atoms with Gasteiger partial charge in [0.05, 0.1) is 6.61 Å². The van der Waals surface area contributed by atoms with Crippen LogP contribution in [0.2, 0.25) is 0 Å². The van der Waals surface area contributed by atoms with Gasteiger partial charge >= 0.3 is 23.9 Å². The molecular formula is C69H114O12. The Labute approximate surface area is 492 Å². The lowest BCUT2D eigenvalue weighted by molar-refractivity contribution is -0.301. The van der Waals surface area contributed by atoms with Crippen molar-refractivity contribution in [2.24, 2.45) is 0 Å². The number of aliphatic hydroxyl groups excluding tert-OH is 2. The second kappa shape index (κ2) is 56.1. The maximum atomic E-state index is 13.2. The molecule has 0 aromatic heterocycles. The monoisotopic (exact) mass is 1130 g/mol. The number of hydrogen-bond donors (Lipinski definition) is 3. The third kappa shape index (κ3) is 45.8. The Balaban J connectivity index is 2.70. The number of rotatable bonds is 54. The average molecular weight is 1140 g/mol. The highest BCUT2D eigenvalue weighted by atomic mass is 16.7. The van der Waals surface area contributed by atoms with E-state index in [4.69, 9.17) is 23.7 Å². The van der Waals surface area contributed by atoms with E-state index in [-0.39, 0.29) is 25.9 Å². The van der Waals surface area contributed by atoms with E-state index in [2.05, 4.69) is 118 Å². The molecule has 12 nitrogen and oxygen atoms in total. The molecule has 0 saturated carbocycles. The molecule has 0 bridgehead atoms. The zero-order chi connectivity index (χ0) is 58.9. The first-order chi connectivity index (χ1) is 39.6. The van der Waals surface area contributed by atoms with Crippen molar-refractivity contribution in [3.05, 3.63) is 97.2 Å². The summed E-state index contributed by atoms with van der Waals surface area (Å²) in [6.45, 7) is 5.76. The summed E-state index contributed by atoms with van der Waals surface area (Å²) < 4.78 is 28.5. The summed E-state index contributed by atoms with van der Waals surface area (Å²) in [6, 6.07) is 0. The van der Waals surface area contributed by atoms with E-state index in [1.807, 2.05) is 0 Å². The van der Waals surface area contributed by atoms with Crippen LogP contribution in [0.4, 0.5) is 0 Å². The molecule has 1 heterocycles. The van der Waals surface area contributed by atoms with Crippen molar-refractivity contribution in [3.8, 4) is 0 Å². The van der Waals surface area contributed by atoms with E-state index in [1.54, 1.807) is 0 Å². The van der Waals surface area contributed by atoms with Gasteiger partial charge in [0.15, 0.2) is 24.6 Å². The standard InChI is InChI=1S/C69H114O12/c1-4-7-10-13-16-19-22-25-28-30-31-33-35-37-40-43-46-49-52-55-61(70)77-58-60(79-62(71)56-53-50-47-44-41-39-36-32-29-26-23-20-17-14-11-8-5-2)59-78-69-67(65(74)64(73)66(81-69)68(75)76)80-63(72)57-54-51-48-45-42-38-34-27-24-21-18-15-12-9-6-3/h7,9-10,12,16,18-19,21,25,27-28,31,33-34,37,40,60,64-67,69,73-74H,4-6,8,11,13-15,17,20,22-24,26,29-30,32,35-36,38-39,41-59H2,1-3H3,(H,75,76)/b10-7-,12-9-,19-16-,21-18-,28-25-,33-31-,34-27-,40-37-. The molecule has 0 aromatic carbocycles. The molecule has 0 aliphatic carbocycles. The molecule has 6 atom stereocenters. The Morgan fingerprint density at radius 3 is 1.20 bits per heavy atom. The van der Waals surface area contributed by atoms with Crippen molar-refractivity contribution >= 4 is 23.9 Å². The summed E-state index contributed by atoms with van der Waals surface area (Å²) >= 11 is 0. The number of hydrogen-bond acceptors (Lipinski definition) is 11. The second-order valence-electron chi connectivity index (χ2n) is 21.6. The number of carbonyl (C=O) groups is 4. The molecule has 0 spiro atoms. The van der Waals surface area contributed by atoms with Gasteiger partial charge in [-0.1, -0.05) is 246 Å². The fourth-order valence-electron chi connectivity index (χ4n) is 9.29. The first-order valence-electron chi connectivity index (χ1n) is 32.2. The number of carboxylic acids is 1. The maximum absolute atomic E-state index is 13.2. The molecule has 1 rings (SSSR count). The lowest BCUT2D eigenvalue weighted by Crippen LogP contribution is -2.61. The number of esters is 3. The fourth-order valence-corrected chi connectivity index (χ4v) is 9.29. The summed E-state index contributed by atoms with van der Waals surface area (Å²) in [5, 5.41) is 31.6. The molecule has 1 saturated heterocycles. The first kappa shape index (κ1) is 74.7. The highest BCUT2D eigenvalue weighted by Gasteiger charge is 2.50. The average Bonchev–Trinajstić information content (AvgIpc) is 3.53. The molecule has 1 aliphatic heterocycles. The van der Waals surface area contributed by atoms with Crippen LogP contribution < -0.4 is 0 Å². The number of carbonyl (C=O) groups excluding carboxylic acids is 3. The SMILES string of the molecule is CC/C=C\C/C=C\C/C=C\C/C=C\C/C=C\CCCCCC(=O)OCC(COC1OC(C(=O)O)C(O)C(O)C1OC(=O)CCCCCCC/C=C\C/C=C\C/C=C\CC)OC(=O)CCCCCCCCCCCCCCCCCCC. The minimum absolute atomic E-state index is 0.0348. The number of unbranched alkanes of at least 4 members (excludes halogenated alkanes) is 24.